The topological polar surface area (TPSA) is 80.5 Å². The number of benzene rings is 1. The number of likely N-dealkylation sites (tertiary alicyclic amines) is 1. The van der Waals surface area contributed by atoms with Crippen molar-refractivity contribution in [2.24, 2.45) is 5.92 Å². The Morgan fingerprint density at radius 1 is 1.16 bits per heavy atom. The van der Waals surface area contributed by atoms with Crippen molar-refractivity contribution >= 4 is 6.03 Å². The van der Waals surface area contributed by atoms with Gasteiger partial charge >= 0.3 is 6.03 Å². The van der Waals surface area contributed by atoms with Gasteiger partial charge in [0, 0.05) is 36.9 Å². The molecule has 4 unspecified atom stereocenters. The lowest BCUT2D eigenvalue weighted by molar-refractivity contribution is 0.0259. The van der Waals surface area contributed by atoms with Gasteiger partial charge in [-0.05, 0) is 31.7 Å². The predicted octanol–water partition coefficient (Wildman–Crippen LogP) is 4.39. The van der Waals surface area contributed by atoms with Gasteiger partial charge in [-0.2, -0.15) is 4.98 Å². The monoisotopic (exact) mass is 424 g/mol. The molecule has 1 aromatic carbocycles. The molecule has 7 heteroatoms. The van der Waals surface area contributed by atoms with E-state index in [-0.39, 0.29) is 18.1 Å². The smallest absolute Gasteiger partial charge is 0.318 e. The summed E-state index contributed by atoms with van der Waals surface area (Å²) in [5, 5.41) is 7.32. The Hall–Kier alpha value is -2.41. The average molecular weight is 425 g/mol. The molecule has 1 aromatic heterocycles. The molecule has 3 aliphatic rings. The van der Waals surface area contributed by atoms with E-state index in [4.69, 9.17) is 9.26 Å². The van der Waals surface area contributed by atoms with Gasteiger partial charge in [0.25, 0.3) is 0 Å². The van der Waals surface area contributed by atoms with Gasteiger partial charge in [0.2, 0.25) is 5.89 Å². The minimum absolute atomic E-state index is 0.0553. The molecule has 2 saturated heterocycles. The van der Waals surface area contributed by atoms with E-state index in [0.29, 0.717) is 43.4 Å². The van der Waals surface area contributed by atoms with Crippen molar-refractivity contribution in [1.29, 1.82) is 0 Å². The van der Waals surface area contributed by atoms with Crippen LogP contribution < -0.4 is 5.32 Å². The summed E-state index contributed by atoms with van der Waals surface area (Å²) < 4.78 is 11.3. The Labute approximate surface area is 183 Å². The largest absolute Gasteiger partial charge is 0.381 e. The van der Waals surface area contributed by atoms with E-state index in [9.17, 15) is 4.79 Å². The fourth-order valence-electron chi connectivity index (χ4n) is 5.57. The summed E-state index contributed by atoms with van der Waals surface area (Å²) in [5.74, 6) is 2.32. The normalized spacial score (nSPS) is 27.6. The second-order valence-corrected chi connectivity index (χ2v) is 9.26. The third kappa shape index (κ3) is 4.20. The van der Waals surface area contributed by atoms with Crippen LogP contribution in [0.4, 0.5) is 4.79 Å². The molecule has 0 radical (unpaired) electrons. The molecule has 7 nitrogen and oxygen atoms in total. The standard InChI is InChI=1S/C24H32N4O3/c1-16(23-26-22(27-31-23)18-10-6-3-7-11-18)25-24(29)28-14-19(17-8-4-2-5-9-17)20-15-30-13-12-21(20)28/h2,4-5,8-9,16,18-21H,3,6-7,10-15H2,1H3,(H,25,29). The number of aromatic nitrogens is 2. The van der Waals surface area contributed by atoms with E-state index in [1.807, 2.05) is 17.9 Å². The zero-order chi connectivity index (χ0) is 21.2. The lowest BCUT2D eigenvalue weighted by Gasteiger charge is -2.32. The molecule has 0 spiro atoms. The number of carbonyl (C=O) groups is 1. The molecule has 3 heterocycles. The minimum Gasteiger partial charge on any atom is -0.381 e. The van der Waals surface area contributed by atoms with Gasteiger partial charge in [-0.25, -0.2) is 4.79 Å². The van der Waals surface area contributed by atoms with Gasteiger partial charge in [0.1, 0.15) is 6.04 Å². The molecule has 3 fully saturated rings. The van der Waals surface area contributed by atoms with Crippen molar-refractivity contribution in [2.75, 3.05) is 19.8 Å². The van der Waals surface area contributed by atoms with Crippen molar-refractivity contribution in [3.63, 3.8) is 0 Å². The van der Waals surface area contributed by atoms with Crippen LogP contribution in [0.25, 0.3) is 0 Å². The van der Waals surface area contributed by atoms with Crippen LogP contribution in [-0.2, 0) is 4.74 Å². The third-order valence-electron chi connectivity index (χ3n) is 7.30. The van der Waals surface area contributed by atoms with Crippen LogP contribution in [-0.4, -0.2) is 46.9 Å². The minimum atomic E-state index is -0.314. The first-order chi connectivity index (χ1) is 15.2. The maximum Gasteiger partial charge on any atom is 0.318 e. The Bertz CT molecular complexity index is 880. The van der Waals surface area contributed by atoms with Crippen molar-refractivity contribution in [3.8, 4) is 0 Å². The first-order valence-corrected chi connectivity index (χ1v) is 11.7. The van der Waals surface area contributed by atoms with Crippen LogP contribution in [0.2, 0.25) is 0 Å². The molecule has 2 aliphatic heterocycles. The van der Waals surface area contributed by atoms with Gasteiger partial charge in [-0.15, -0.1) is 0 Å². The number of amides is 2. The molecule has 5 rings (SSSR count). The molecular formula is C24H32N4O3. The Kier molecular flexibility index (Phi) is 5.94. The third-order valence-corrected chi connectivity index (χ3v) is 7.30. The average Bonchev–Trinajstić information content (AvgIpc) is 3.46. The van der Waals surface area contributed by atoms with E-state index in [2.05, 4.69) is 39.7 Å². The van der Waals surface area contributed by atoms with Crippen LogP contribution in [0, 0.1) is 5.92 Å². The molecule has 2 amide bonds. The van der Waals surface area contributed by atoms with Crippen LogP contribution in [0.5, 0.6) is 0 Å². The van der Waals surface area contributed by atoms with Crippen LogP contribution in [0.1, 0.15) is 80.6 Å². The van der Waals surface area contributed by atoms with Crippen molar-refractivity contribution < 1.29 is 14.1 Å². The number of nitrogens with zero attached hydrogens (tertiary/aromatic N) is 3. The Morgan fingerprint density at radius 2 is 1.97 bits per heavy atom. The van der Waals surface area contributed by atoms with Gasteiger partial charge in [-0.1, -0.05) is 54.8 Å². The lowest BCUT2D eigenvalue weighted by atomic mass is 9.84. The van der Waals surface area contributed by atoms with Crippen LogP contribution in [0.3, 0.4) is 0 Å². The number of hydrogen-bond donors (Lipinski definition) is 1. The molecule has 1 saturated carbocycles. The highest BCUT2D eigenvalue weighted by atomic mass is 16.5. The molecular weight excluding hydrogens is 392 g/mol. The van der Waals surface area contributed by atoms with E-state index in [1.165, 1.54) is 24.8 Å². The van der Waals surface area contributed by atoms with Crippen molar-refractivity contribution in [2.45, 2.75) is 69.4 Å². The zero-order valence-corrected chi connectivity index (χ0v) is 18.2. The molecule has 31 heavy (non-hydrogen) atoms. The second-order valence-electron chi connectivity index (χ2n) is 9.26. The number of nitrogens with one attached hydrogen (secondary N) is 1. The molecule has 4 atom stereocenters. The quantitative estimate of drug-likeness (QED) is 0.787. The first-order valence-electron chi connectivity index (χ1n) is 11.7. The first kappa shape index (κ1) is 20.5. The fourth-order valence-corrected chi connectivity index (χ4v) is 5.57. The predicted molar refractivity (Wildman–Crippen MR) is 116 cm³/mol. The molecule has 166 valence electrons. The summed E-state index contributed by atoms with van der Waals surface area (Å²) in [4.78, 5) is 19.9. The summed E-state index contributed by atoms with van der Waals surface area (Å²) in [6.07, 6.45) is 6.87. The fraction of sp³-hybridized carbons (Fsp3) is 0.625. The maximum absolute atomic E-state index is 13.3. The molecule has 1 aliphatic carbocycles. The highest BCUT2D eigenvalue weighted by Crippen LogP contribution is 2.41. The number of hydrogen-bond acceptors (Lipinski definition) is 5. The van der Waals surface area contributed by atoms with E-state index >= 15 is 0 Å². The number of fused-ring (bicyclic) bond motifs is 1. The summed E-state index contributed by atoms with van der Waals surface area (Å²) in [6, 6.07) is 10.3. The number of ether oxygens (including phenoxy) is 1. The summed E-state index contributed by atoms with van der Waals surface area (Å²) >= 11 is 0. The highest BCUT2D eigenvalue weighted by Gasteiger charge is 2.46. The number of carbonyl (C=O) groups excluding carboxylic acids is 1. The van der Waals surface area contributed by atoms with E-state index < -0.39 is 0 Å². The SMILES string of the molecule is CC(NC(=O)N1CC(c2ccccc2)C2COCCC21)c1nc(C2CCCCC2)no1. The Morgan fingerprint density at radius 3 is 2.77 bits per heavy atom. The van der Waals surface area contributed by atoms with Gasteiger partial charge in [-0.3, -0.25) is 0 Å². The molecule has 1 N–H and O–H groups in total. The van der Waals surface area contributed by atoms with Crippen molar-refractivity contribution in [1.82, 2.24) is 20.4 Å². The van der Waals surface area contributed by atoms with Crippen LogP contribution in [0.15, 0.2) is 34.9 Å². The summed E-state index contributed by atoms with van der Waals surface area (Å²) in [6.45, 7) is 4.04. The van der Waals surface area contributed by atoms with Gasteiger partial charge in [0.15, 0.2) is 5.82 Å². The summed E-state index contributed by atoms with van der Waals surface area (Å²) in [7, 11) is 0. The number of urea groups is 1. The molecule has 2 aromatic rings. The van der Waals surface area contributed by atoms with E-state index in [0.717, 1.165) is 25.1 Å². The lowest BCUT2D eigenvalue weighted by Crippen LogP contribution is -2.47. The van der Waals surface area contributed by atoms with E-state index in [1.54, 1.807) is 0 Å². The zero-order valence-electron chi connectivity index (χ0n) is 18.2. The maximum atomic E-state index is 13.3. The second kappa shape index (κ2) is 8.99. The van der Waals surface area contributed by atoms with Crippen LogP contribution >= 0.6 is 0 Å². The Balaban J connectivity index is 1.27. The van der Waals surface area contributed by atoms with Gasteiger partial charge < -0.3 is 19.5 Å². The molecule has 0 bridgehead atoms. The summed E-state index contributed by atoms with van der Waals surface area (Å²) in [5.41, 5.74) is 1.28. The van der Waals surface area contributed by atoms with Crippen molar-refractivity contribution in [3.05, 3.63) is 47.6 Å². The van der Waals surface area contributed by atoms with Gasteiger partial charge in [0.05, 0.1) is 6.61 Å². The highest BCUT2D eigenvalue weighted by molar-refractivity contribution is 5.75. The number of rotatable bonds is 4.